The van der Waals surface area contributed by atoms with Crippen molar-refractivity contribution in [3.8, 4) is 0 Å². The average molecular weight is 247 g/mol. The van der Waals surface area contributed by atoms with Crippen molar-refractivity contribution in [2.75, 3.05) is 6.61 Å². The summed E-state index contributed by atoms with van der Waals surface area (Å²) in [5, 5.41) is 8.78. The van der Waals surface area contributed by atoms with Crippen LogP contribution in [0.5, 0.6) is 0 Å². The Bertz CT molecular complexity index is 269. The van der Waals surface area contributed by atoms with Gasteiger partial charge in [0.25, 0.3) is 0 Å². The molecule has 0 spiro atoms. The molecule has 0 saturated heterocycles. The lowest BCUT2D eigenvalue weighted by atomic mass is 10.1. The number of halogens is 1. The van der Waals surface area contributed by atoms with E-state index in [0.717, 1.165) is 18.4 Å². The predicted molar refractivity (Wildman–Crippen MR) is 65.0 cm³/mol. The number of carbonyl (C=O) groups is 1. The lowest BCUT2D eigenvalue weighted by molar-refractivity contribution is -0.133. The van der Waals surface area contributed by atoms with Crippen LogP contribution in [-0.2, 0) is 9.08 Å². The number of hydrogen-bond donors (Lipinski definition) is 1. The van der Waals surface area contributed by atoms with Crippen LogP contribution in [0.25, 0.3) is 0 Å². The lowest BCUT2D eigenvalue weighted by Crippen LogP contribution is -1.94. The summed E-state index contributed by atoms with van der Waals surface area (Å²) in [4.78, 5) is 10.7. The number of hydrogen-bond acceptors (Lipinski definition) is 3. The van der Waals surface area contributed by atoms with Gasteiger partial charge < -0.3 is 9.40 Å². The third-order valence-corrected chi connectivity index (χ3v) is 2.38. The van der Waals surface area contributed by atoms with Crippen molar-refractivity contribution in [2.24, 2.45) is 0 Å². The number of aliphatic hydroxyl groups is 1. The normalized spacial score (nSPS) is 12.8. The molecule has 3 nitrogen and oxygen atoms in total. The molecule has 0 heterocycles. The summed E-state index contributed by atoms with van der Waals surface area (Å²) in [6.45, 7) is 4.04. The third-order valence-electron chi connectivity index (χ3n) is 2.21. The van der Waals surface area contributed by atoms with Crippen molar-refractivity contribution in [1.29, 1.82) is 0 Å². The van der Waals surface area contributed by atoms with Gasteiger partial charge in [0.1, 0.15) is 11.9 Å². The lowest BCUT2D eigenvalue weighted by Gasteiger charge is -1.99. The van der Waals surface area contributed by atoms with Crippen LogP contribution in [0.4, 0.5) is 0 Å². The molecule has 1 N–H and O–H groups in total. The molecule has 0 aliphatic rings. The van der Waals surface area contributed by atoms with E-state index in [2.05, 4.69) is 4.29 Å². The highest BCUT2D eigenvalue weighted by Crippen LogP contribution is 2.09. The highest BCUT2D eigenvalue weighted by atomic mass is 35.5. The predicted octanol–water partition coefficient (Wildman–Crippen LogP) is 3.13. The quantitative estimate of drug-likeness (QED) is 0.702. The molecular weight excluding hydrogens is 228 g/mol. The second-order valence-electron chi connectivity index (χ2n) is 3.79. The van der Waals surface area contributed by atoms with Gasteiger partial charge in [-0.3, -0.25) is 4.79 Å². The van der Waals surface area contributed by atoms with Gasteiger partial charge in [0.2, 0.25) is 0 Å². The molecule has 0 saturated carbocycles. The van der Waals surface area contributed by atoms with Crippen LogP contribution < -0.4 is 0 Å². The first-order valence-corrected chi connectivity index (χ1v) is 5.64. The van der Waals surface area contributed by atoms with Crippen LogP contribution in [0.1, 0.15) is 39.5 Å². The molecule has 0 fully saturated rings. The van der Waals surface area contributed by atoms with Crippen molar-refractivity contribution in [1.82, 2.24) is 0 Å². The summed E-state index contributed by atoms with van der Waals surface area (Å²) >= 11 is 4.90. The molecule has 0 aromatic carbocycles. The third kappa shape index (κ3) is 8.50. The zero-order valence-corrected chi connectivity index (χ0v) is 10.6. The van der Waals surface area contributed by atoms with Crippen LogP contribution in [0.15, 0.2) is 23.3 Å². The molecule has 0 aliphatic carbocycles. The van der Waals surface area contributed by atoms with E-state index in [9.17, 15) is 4.79 Å². The summed E-state index contributed by atoms with van der Waals surface area (Å²) in [5.41, 5.74) is 2.21. The monoisotopic (exact) mass is 246 g/mol. The fourth-order valence-electron chi connectivity index (χ4n) is 1.19. The van der Waals surface area contributed by atoms with E-state index in [-0.39, 0.29) is 6.61 Å². The zero-order valence-electron chi connectivity index (χ0n) is 9.83. The van der Waals surface area contributed by atoms with Crippen LogP contribution >= 0.6 is 11.9 Å². The molecule has 0 aromatic heterocycles. The minimum Gasteiger partial charge on any atom is -0.392 e. The minimum absolute atomic E-state index is 0.115. The Balaban J connectivity index is 3.75. The minimum atomic E-state index is -0.401. The Hall–Kier alpha value is -0.800. The first-order valence-electron chi connectivity index (χ1n) is 5.33. The second kappa shape index (κ2) is 9.43. The van der Waals surface area contributed by atoms with Gasteiger partial charge in [0, 0.05) is 0 Å². The molecule has 0 atom stereocenters. The van der Waals surface area contributed by atoms with Gasteiger partial charge in [-0.15, -0.1) is 0 Å². The van der Waals surface area contributed by atoms with Gasteiger partial charge in [-0.1, -0.05) is 23.3 Å². The molecule has 0 amide bonds. The fourth-order valence-corrected chi connectivity index (χ4v) is 1.26. The molecule has 0 radical (unpaired) electrons. The van der Waals surface area contributed by atoms with Crippen molar-refractivity contribution in [3.63, 3.8) is 0 Å². The molecule has 0 bridgehead atoms. The molecular formula is C12H19ClO3. The van der Waals surface area contributed by atoms with Gasteiger partial charge in [-0.25, -0.2) is 0 Å². The highest BCUT2D eigenvalue weighted by Gasteiger charge is 1.99. The first kappa shape index (κ1) is 15.2. The molecule has 4 heteroatoms. The van der Waals surface area contributed by atoms with Crippen LogP contribution in [0, 0.1) is 0 Å². The summed E-state index contributed by atoms with van der Waals surface area (Å²) in [5.74, 6) is -0.401. The topological polar surface area (TPSA) is 46.5 Å². The van der Waals surface area contributed by atoms with E-state index in [0.29, 0.717) is 12.8 Å². The Morgan fingerprint density at radius 2 is 1.75 bits per heavy atom. The van der Waals surface area contributed by atoms with E-state index in [4.69, 9.17) is 17.0 Å². The maximum atomic E-state index is 10.7. The van der Waals surface area contributed by atoms with Crippen molar-refractivity contribution in [2.45, 2.75) is 39.5 Å². The fraction of sp³-hybridized carbons (Fsp3) is 0.583. The number of allylic oxidation sites excluding steroid dienone is 3. The van der Waals surface area contributed by atoms with Crippen LogP contribution in [-0.4, -0.2) is 17.7 Å². The first-order chi connectivity index (χ1) is 7.60. The van der Waals surface area contributed by atoms with E-state index in [1.807, 2.05) is 26.0 Å². The maximum Gasteiger partial charge on any atom is 0.325 e. The molecule has 0 rings (SSSR count). The summed E-state index contributed by atoms with van der Waals surface area (Å²) in [6, 6.07) is 0. The Morgan fingerprint density at radius 1 is 1.19 bits per heavy atom. The molecule has 16 heavy (non-hydrogen) atoms. The number of rotatable bonds is 7. The summed E-state index contributed by atoms with van der Waals surface area (Å²) in [6.07, 6.45) is 6.84. The Labute approximate surface area is 102 Å². The number of aliphatic hydroxyl groups excluding tert-OH is 1. The van der Waals surface area contributed by atoms with Gasteiger partial charge >= 0.3 is 5.97 Å². The zero-order chi connectivity index (χ0) is 12.4. The van der Waals surface area contributed by atoms with E-state index in [1.165, 1.54) is 5.57 Å². The second-order valence-corrected chi connectivity index (χ2v) is 3.94. The highest BCUT2D eigenvalue weighted by molar-refractivity contribution is 6.13. The standard InChI is InChI=1S/C12H19ClO3/c1-10(5-3-7-11(2)9-14)6-4-8-12(15)16-13/h6-7,14H,3-5,8-9H2,1-2H3/b10-6+,11-7+. The van der Waals surface area contributed by atoms with Crippen molar-refractivity contribution < 1.29 is 14.2 Å². The molecule has 0 aromatic rings. The Kier molecular flexibility index (Phi) is 8.96. The van der Waals surface area contributed by atoms with Crippen LogP contribution in [0.2, 0.25) is 0 Å². The van der Waals surface area contributed by atoms with Crippen LogP contribution in [0.3, 0.4) is 0 Å². The van der Waals surface area contributed by atoms with E-state index >= 15 is 0 Å². The largest absolute Gasteiger partial charge is 0.392 e. The smallest absolute Gasteiger partial charge is 0.325 e. The maximum absolute atomic E-state index is 10.7. The van der Waals surface area contributed by atoms with E-state index in [1.54, 1.807) is 0 Å². The van der Waals surface area contributed by atoms with Crippen molar-refractivity contribution >= 4 is 17.8 Å². The summed E-state index contributed by atoms with van der Waals surface area (Å²) < 4.78 is 4.03. The number of carbonyl (C=O) groups excluding carboxylic acids is 1. The summed E-state index contributed by atoms with van der Waals surface area (Å²) in [7, 11) is 0. The van der Waals surface area contributed by atoms with Gasteiger partial charge in [-0.2, -0.15) is 0 Å². The van der Waals surface area contributed by atoms with Gasteiger partial charge in [-0.05, 0) is 33.1 Å². The van der Waals surface area contributed by atoms with Gasteiger partial charge in [0.15, 0.2) is 0 Å². The molecule has 0 aliphatic heterocycles. The average Bonchev–Trinajstić information content (AvgIpc) is 2.28. The SMILES string of the molecule is C/C(=C\CC/C(C)=C/CCC(=O)OCl)CO. The Morgan fingerprint density at radius 3 is 2.31 bits per heavy atom. The van der Waals surface area contributed by atoms with Crippen molar-refractivity contribution in [3.05, 3.63) is 23.3 Å². The van der Waals surface area contributed by atoms with Gasteiger partial charge in [0.05, 0.1) is 13.0 Å². The molecule has 92 valence electrons. The molecule has 0 unspecified atom stereocenters. The van der Waals surface area contributed by atoms with E-state index < -0.39 is 5.97 Å².